The number of nitrogens with zero attached hydrogens (tertiary/aromatic N) is 3. The molecule has 0 unspecified atom stereocenters. The second-order valence-electron chi connectivity index (χ2n) is 7.87. The minimum Gasteiger partial charge on any atom is -0.497 e. The van der Waals surface area contributed by atoms with Gasteiger partial charge in [0.2, 0.25) is 5.43 Å². The van der Waals surface area contributed by atoms with Crippen LogP contribution in [-0.2, 0) is 0 Å². The van der Waals surface area contributed by atoms with E-state index in [1.807, 2.05) is 19.1 Å². The van der Waals surface area contributed by atoms with Crippen molar-refractivity contribution in [3.05, 3.63) is 57.9 Å². The number of aromatic carboxylic acids is 1. The van der Waals surface area contributed by atoms with Gasteiger partial charge in [-0.1, -0.05) is 0 Å². The van der Waals surface area contributed by atoms with Crippen molar-refractivity contribution in [2.75, 3.05) is 51.0 Å². The van der Waals surface area contributed by atoms with E-state index < -0.39 is 11.4 Å². The highest BCUT2D eigenvalue weighted by molar-refractivity contribution is 5.98. The Morgan fingerprint density at radius 3 is 2.35 bits per heavy atom. The molecule has 8 heteroatoms. The number of nitrogens with two attached hydrogens (primary N) is 1. The van der Waals surface area contributed by atoms with E-state index in [4.69, 9.17) is 10.5 Å². The SMILES string of the molecule is COc1ccc(-n2cc(C(=O)O)c(=O)c3cc(N)c(N4CCN(C)CC4)c(C)c32)cc1. The molecule has 8 nitrogen and oxygen atoms in total. The summed E-state index contributed by atoms with van der Waals surface area (Å²) in [5.74, 6) is -0.583. The van der Waals surface area contributed by atoms with Crippen LogP contribution in [-0.4, -0.2) is 60.9 Å². The number of rotatable bonds is 4. The fraction of sp³-hybridized carbons (Fsp3) is 0.304. The molecule has 3 aromatic rings. The monoisotopic (exact) mass is 422 g/mol. The fourth-order valence-corrected chi connectivity index (χ4v) is 4.25. The second-order valence-corrected chi connectivity index (χ2v) is 7.87. The number of pyridine rings is 1. The Balaban J connectivity index is 2.02. The topological polar surface area (TPSA) is 101 Å². The summed E-state index contributed by atoms with van der Waals surface area (Å²) in [6.07, 6.45) is 1.39. The Bertz CT molecular complexity index is 1210. The average molecular weight is 422 g/mol. The van der Waals surface area contributed by atoms with E-state index in [1.165, 1.54) is 6.20 Å². The van der Waals surface area contributed by atoms with Gasteiger partial charge < -0.3 is 29.9 Å². The third-order valence-electron chi connectivity index (χ3n) is 5.93. The van der Waals surface area contributed by atoms with Gasteiger partial charge in [-0.25, -0.2) is 4.79 Å². The Kier molecular flexibility index (Phi) is 5.32. The van der Waals surface area contributed by atoms with E-state index in [9.17, 15) is 14.7 Å². The van der Waals surface area contributed by atoms with E-state index >= 15 is 0 Å². The highest BCUT2D eigenvalue weighted by Crippen LogP contribution is 2.35. The molecule has 1 aliphatic rings. The van der Waals surface area contributed by atoms with E-state index in [2.05, 4.69) is 16.8 Å². The molecule has 4 rings (SSSR count). The molecule has 0 amide bonds. The van der Waals surface area contributed by atoms with Gasteiger partial charge in [0, 0.05) is 43.4 Å². The highest BCUT2D eigenvalue weighted by Gasteiger charge is 2.24. The van der Waals surface area contributed by atoms with Crippen molar-refractivity contribution in [2.24, 2.45) is 0 Å². The molecule has 1 aromatic heterocycles. The van der Waals surface area contributed by atoms with Gasteiger partial charge in [-0.15, -0.1) is 0 Å². The van der Waals surface area contributed by atoms with Crippen molar-refractivity contribution in [1.82, 2.24) is 9.47 Å². The smallest absolute Gasteiger partial charge is 0.341 e. The number of hydrogen-bond acceptors (Lipinski definition) is 6. The summed E-state index contributed by atoms with van der Waals surface area (Å²) in [6.45, 7) is 5.42. The van der Waals surface area contributed by atoms with Crippen LogP contribution in [0.15, 0.2) is 41.3 Å². The summed E-state index contributed by atoms with van der Waals surface area (Å²) in [5, 5.41) is 9.92. The van der Waals surface area contributed by atoms with Gasteiger partial charge in [0.15, 0.2) is 0 Å². The van der Waals surface area contributed by atoms with E-state index in [-0.39, 0.29) is 5.56 Å². The molecule has 1 aliphatic heterocycles. The number of piperazine rings is 1. The number of aryl methyl sites for hydroxylation is 1. The first-order chi connectivity index (χ1) is 14.8. The maximum Gasteiger partial charge on any atom is 0.341 e. The molecule has 3 N–H and O–H groups in total. The van der Waals surface area contributed by atoms with Crippen LogP contribution in [0.1, 0.15) is 15.9 Å². The maximum absolute atomic E-state index is 13.0. The molecule has 0 aliphatic carbocycles. The van der Waals surface area contributed by atoms with Crippen LogP contribution in [0.25, 0.3) is 16.6 Å². The summed E-state index contributed by atoms with van der Waals surface area (Å²) in [6, 6.07) is 8.88. The number of carbonyl (C=O) groups is 1. The first-order valence-electron chi connectivity index (χ1n) is 10.1. The summed E-state index contributed by atoms with van der Waals surface area (Å²) >= 11 is 0. The molecule has 162 valence electrons. The van der Waals surface area contributed by atoms with Crippen molar-refractivity contribution in [1.29, 1.82) is 0 Å². The number of likely N-dealkylation sites (N-methyl/N-ethyl adjacent to an activating group) is 1. The molecule has 0 spiro atoms. The number of carboxylic acids is 1. The summed E-state index contributed by atoms with van der Waals surface area (Å²) in [7, 11) is 3.67. The van der Waals surface area contributed by atoms with Crippen LogP contribution in [0.3, 0.4) is 0 Å². The lowest BCUT2D eigenvalue weighted by molar-refractivity contribution is 0.0695. The second kappa shape index (κ2) is 7.96. The van der Waals surface area contributed by atoms with E-state index in [1.54, 1.807) is 29.9 Å². The van der Waals surface area contributed by atoms with Gasteiger partial charge in [-0.05, 0) is 49.9 Å². The zero-order valence-electron chi connectivity index (χ0n) is 17.9. The van der Waals surface area contributed by atoms with Crippen molar-refractivity contribution >= 4 is 28.2 Å². The lowest BCUT2D eigenvalue weighted by Crippen LogP contribution is -2.45. The normalized spacial score (nSPS) is 14.7. The third-order valence-corrected chi connectivity index (χ3v) is 5.93. The van der Waals surface area contributed by atoms with Crippen molar-refractivity contribution in [2.45, 2.75) is 6.92 Å². The average Bonchev–Trinajstić information content (AvgIpc) is 2.75. The van der Waals surface area contributed by atoms with Crippen molar-refractivity contribution < 1.29 is 14.6 Å². The van der Waals surface area contributed by atoms with Gasteiger partial charge in [-0.2, -0.15) is 0 Å². The van der Waals surface area contributed by atoms with Gasteiger partial charge in [0.1, 0.15) is 11.3 Å². The number of ether oxygens (including phenoxy) is 1. The van der Waals surface area contributed by atoms with Crippen LogP contribution in [0.4, 0.5) is 11.4 Å². The quantitative estimate of drug-likeness (QED) is 0.623. The van der Waals surface area contributed by atoms with Crippen LogP contribution >= 0.6 is 0 Å². The van der Waals surface area contributed by atoms with E-state index in [0.29, 0.717) is 22.3 Å². The summed E-state index contributed by atoms with van der Waals surface area (Å²) < 4.78 is 7.00. The Hall–Kier alpha value is -3.52. The number of aromatic nitrogens is 1. The van der Waals surface area contributed by atoms with Gasteiger partial charge in [-0.3, -0.25) is 4.79 Å². The van der Waals surface area contributed by atoms with Gasteiger partial charge in [0.05, 0.1) is 24.0 Å². The molecule has 0 bridgehead atoms. The van der Waals surface area contributed by atoms with Crippen molar-refractivity contribution in [3.63, 3.8) is 0 Å². The Morgan fingerprint density at radius 1 is 1.13 bits per heavy atom. The minimum absolute atomic E-state index is 0.295. The number of anilines is 2. The molecule has 0 atom stereocenters. The first kappa shape index (κ1) is 20.7. The number of methoxy groups -OCH3 is 1. The molecule has 0 radical (unpaired) electrons. The lowest BCUT2D eigenvalue weighted by atomic mass is 10.0. The number of benzene rings is 2. The molecule has 1 saturated heterocycles. The third kappa shape index (κ3) is 3.59. The van der Waals surface area contributed by atoms with E-state index in [0.717, 1.165) is 43.1 Å². The van der Waals surface area contributed by atoms with Crippen LogP contribution in [0.2, 0.25) is 0 Å². The standard InChI is InChI=1S/C23H26N4O4/c1-14-20-17(12-19(24)21(14)26-10-8-25(2)9-11-26)22(28)18(23(29)30)13-27(20)15-4-6-16(31-3)7-5-15/h4-7,12-13H,8-11,24H2,1-3H3,(H,29,30). The Labute approximate surface area is 180 Å². The van der Waals surface area contributed by atoms with Gasteiger partial charge in [0.25, 0.3) is 0 Å². The molecule has 1 fully saturated rings. The molecular formula is C23H26N4O4. The molecule has 2 aromatic carbocycles. The molecular weight excluding hydrogens is 396 g/mol. The zero-order valence-corrected chi connectivity index (χ0v) is 17.9. The van der Waals surface area contributed by atoms with Crippen LogP contribution in [0, 0.1) is 6.92 Å². The highest BCUT2D eigenvalue weighted by atomic mass is 16.5. The Morgan fingerprint density at radius 2 is 1.77 bits per heavy atom. The fourth-order valence-electron chi connectivity index (χ4n) is 4.25. The summed E-state index contributed by atoms with van der Waals surface area (Å²) in [4.78, 5) is 29.3. The van der Waals surface area contributed by atoms with Crippen LogP contribution < -0.4 is 20.8 Å². The molecule has 31 heavy (non-hydrogen) atoms. The molecule has 2 heterocycles. The number of hydrogen-bond donors (Lipinski definition) is 2. The van der Waals surface area contributed by atoms with Crippen molar-refractivity contribution in [3.8, 4) is 11.4 Å². The summed E-state index contributed by atoms with van der Waals surface area (Å²) in [5.41, 5.74) is 9.19. The van der Waals surface area contributed by atoms with Gasteiger partial charge >= 0.3 is 5.97 Å². The predicted octanol–water partition coefficient (Wildman–Crippen LogP) is 2.34. The minimum atomic E-state index is -1.27. The van der Waals surface area contributed by atoms with Crippen LogP contribution in [0.5, 0.6) is 5.75 Å². The lowest BCUT2D eigenvalue weighted by Gasteiger charge is -2.36. The number of carboxylic acid groups (broad SMARTS) is 1. The largest absolute Gasteiger partial charge is 0.497 e. The zero-order chi connectivity index (χ0) is 22.3. The predicted molar refractivity (Wildman–Crippen MR) is 122 cm³/mol. The molecule has 0 saturated carbocycles. The number of nitrogen functional groups attached to an aromatic ring is 1. The first-order valence-corrected chi connectivity index (χ1v) is 10.1. The maximum atomic E-state index is 13.0. The number of fused-ring (bicyclic) bond motifs is 1.